The molecule has 3 N–H and O–H groups in total. The fraction of sp³-hybridized carbons (Fsp3) is 1.00. The van der Waals surface area contributed by atoms with Gasteiger partial charge in [0, 0.05) is 39.3 Å². The van der Waals surface area contributed by atoms with E-state index in [0.29, 0.717) is 26.2 Å². The Morgan fingerprint density at radius 2 is 1.72 bits per heavy atom. The van der Waals surface area contributed by atoms with Crippen molar-refractivity contribution in [1.82, 2.24) is 13.9 Å². The van der Waals surface area contributed by atoms with Crippen LogP contribution in [0, 0.1) is 0 Å². The molecule has 0 amide bonds. The summed E-state index contributed by atoms with van der Waals surface area (Å²) in [7, 11) is -4.05. The van der Waals surface area contributed by atoms with E-state index in [4.69, 9.17) is 5.73 Å². The molecule has 0 aliphatic carbocycles. The fourth-order valence-electron chi connectivity index (χ4n) is 1.64. The molecular formula is C8H17F3N4O2S. The maximum absolute atomic E-state index is 11.9. The summed E-state index contributed by atoms with van der Waals surface area (Å²) >= 11 is 0. The minimum atomic E-state index is -4.55. The van der Waals surface area contributed by atoms with Crippen LogP contribution in [0.15, 0.2) is 0 Å². The quantitative estimate of drug-likeness (QED) is 0.678. The lowest BCUT2D eigenvalue weighted by Gasteiger charge is -2.33. The number of hydrogen-bond donors (Lipinski definition) is 2. The van der Waals surface area contributed by atoms with Crippen molar-refractivity contribution in [3.8, 4) is 0 Å². The summed E-state index contributed by atoms with van der Waals surface area (Å²) in [5, 5.41) is 0. The Hall–Kier alpha value is -0.420. The summed E-state index contributed by atoms with van der Waals surface area (Å²) in [6.07, 6.45) is -4.55. The lowest BCUT2D eigenvalue weighted by atomic mass is 10.3. The van der Waals surface area contributed by atoms with Crippen molar-refractivity contribution in [2.45, 2.75) is 6.18 Å². The predicted octanol–water partition coefficient (Wildman–Crippen LogP) is -1.04. The van der Waals surface area contributed by atoms with Gasteiger partial charge in [-0.1, -0.05) is 0 Å². The van der Waals surface area contributed by atoms with Crippen molar-refractivity contribution in [3.63, 3.8) is 0 Å². The molecule has 6 nitrogen and oxygen atoms in total. The Bertz CT molecular complexity index is 352. The zero-order valence-electron chi connectivity index (χ0n) is 9.78. The van der Waals surface area contributed by atoms with Gasteiger partial charge in [0.05, 0.1) is 0 Å². The number of alkyl halides is 3. The van der Waals surface area contributed by atoms with Crippen LogP contribution in [0.4, 0.5) is 13.2 Å². The molecule has 1 rings (SSSR count). The maximum atomic E-state index is 11.9. The van der Waals surface area contributed by atoms with Crippen molar-refractivity contribution in [2.24, 2.45) is 5.73 Å². The second-order valence-corrected chi connectivity index (χ2v) is 5.73. The SMILES string of the molecule is NCCN1CCN(S(=O)(=O)NCC(F)(F)F)CC1. The summed E-state index contributed by atoms with van der Waals surface area (Å²) in [4.78, 5) is 1.97. The van der Waals surface area contributed by atoms with Crippen LogP contribution in [0.25, 0.3) is 0 Å². The lowest BCUT2D eigenvalue weighted by Crippen LogP contribution is -2.53. The number of piperazine rings is 1. The van der Waals surface area contributed by atoms with Crippen LogP contribution in [0.5, 0.6) is 0 Å². The maximum Gasteiger partial charge on any atom is 0.402 e. The zero-order valence-corrected chi connectivity index (χ0v) is 10.6. The van der Waals surface area contributed by atoms with E-state index in [2.05, 4.69) is 0 Å². The van der Waals surface area contributed by atoms with E-state index in [-0.39, 0.29) is 13.1 Å². The molecule has 1 aliphatic heterocycles. The number of rotatable bonds is 5. The molecule has 1 fully saturated rings. The summed E-state index contributed by atoms with van der Waals surface area (Å²) in [6.45, 7) is 0.885. The highest BCUT2D eigenvalue weighted by molar-refractivity contribution is 7.87. The fourth-order valence-corrected chi connectivity index (χ4v) is 2.81. The molecule has 0 saturated carbocycles. The zero-order chi connectivity index (χ0) is 13.8. The van der Waals surface area contributed by atoms with Crippen LogP contribution in [0.2, 0.25) is 0 Å². The smallest absolute Gasteiger partial charge is 0.329 e. The second-order valence-electron chi connectivity index (χ2n) is 3.97. The highest BCUT2D eigenvalue weighted by Crippen LogP contribution is 2.14. The van der Waals surface area contributed by atoms with E-state index in [1.807, 2.05) is 4.90 Å². The molecular weight excluding hydrogens is 273 g/mol. The third kappa shape index (κ3) is 5.06. The Balaban J connectivity index is 2.45. The van der Waals surface area contributed by atoms with E-state index in [0.717, 1.165) is 4.31 Å². The number of halogens is 3. The summed E-state index contributed by atoms with van der Waals surface area (Å²) in [6, 6.07) is 0. The first-order valence-corrected chi connectivity index (χ1v) is 6.92. The van der Waals surface area contributed by atoms with Gasteiger partial charge in [0.15, 0.2) is 0 Å². The molecule has 0 unspecified atom stereocenters. The molecule has 108 valence electrons. The number of nitrogens with one attached hydrogen (secondary N) is 1. The molecule has 1 heterocycles. The molecule has 0 atom stereocenters. The third-order valence-corrected chi connectivity index (χ3v) is 4.13. The Morgan fingerprint density at radius 1 is 1.17 bits per heavy atom. The highest BCUT2D eigenvalue weighted by atomic mass is 32.2. The van der Waals surface area contributed by atoms with E-state index in [9.17, 15) is 21.6 Å². The highest BCUT2D eigenvalue weighted by Gasteiger charge is 2.33. The molecule has 0 aromatic rings. The number of hydrogen-bond acceptors (Lipinski definition) is 4. The summed E-state index contributed by atoms with van der Waals surface area (Å²) in [5.74, 6) is 0. The molecule has 18 heavy (non-hydrogen) atoms. The molecule has 10 heteroatoms. The Kier molecular flexibility index (Phi) is 5.34. The van der Waals surface area contributed by atoms with E-state index in [1.165, 1.54) is 0 Å². The van der Waals surface area contributed by atoms with Gasteiger partial charge in [-0.3, -0.25) is 4.90 Å². The largest absolute Gasteiger partial charge is 0.402 e. The molecule has 0 spiro atoms. The Morgan fingerprint density at radius 3 is 2.17 bits per heavy atom. The van der Waals surface area contributed by atoms with Gasteiger partial charge in [0.1, 0.15) is 6.54 Å². The second kappa shape index (κ2) is 6.15. The molecule has 0 radical (unpaired) electrons. The van der Waals surface area contributed by atoms with E-state index >= 15 is 0 Å². The van der Waals surface area contributed by atoms with Crippen molar-refractivity contribution in [2.75, 3.05) is 45.8 Å². The van der Waals surface area contributed by atoms with Gasteiger partial charge in [-0.05, 0) is 0 Å². The predicted molar refractivity (Wildman–Crippen MR) is 60.0 cm³/mol. The molecule has 0 aromatic heterocycles. The van der Waals surface area contributed by atoms with Crippen LogP contribution in [0.3, 0.4) is 0 Å². The minimum absolute atomic E-state index is 0.174. The van der Waals surface area contributed by atoms with Crippen LogP contribution < -0.4 is 10.5 Å². The monoisotopic (exact) mass is 290 g/mol. The van der Waals surface area contributed by atoms with Crippen LogP contribution in [0.1, 0.15) is 0 Å². The molecule has 1 saturated heterocycles. The van der Waals surface area contributed by atoms with Gasteiger partial charge in [-0.15, -0.1) is 0 Å². The minimum Gasteiger partial charge on any atom is -0.329 e. The van der Waals surface area contributed by atoms with Crippen LogP contribution in [-0.2, 0) is 10.2 Å². The standard InChI is InChI=1S/C8H17F3N4O2S/c9-8(10,11)7-13-18(16,17)15-5-3-14(2-1-12)4-6-15/h13H,1-7,12H2. The van der Waals surface area contributed by atoms with Gasteiger partial charge in [0.2, 0.25) is 0 Å². The third-order valence-electron chi connectivity index (χ3n) is 2.57. The van der Waals surface area contributed by atoms with Crippen molar-refractivity contribution >= 4 is 10.2 Å². The van der Waals surface area contributed by atoms with E-state index in [1.54, 1.807) is 4.72 Å². The number of nitrogens with two attached hydrogens (primary N) is 1. The van der Waals surface area contributed by atoms with Gasteiger partial charge >= 0.3 is 6.18 Å². The van der Waals surface area contributed by atoms with Crippen molar-refractivity contribution in [3.05, 3.63) is 0 Å². The Labute approximate surface area is 104 Å². The van der Waals surface area contributed by atoms with Crippen molar-refractivity contribution in [1.29, 1.82) is 0 Å². The van der Waals surface area contributed by atoms with E-state index < -0.39 is 22.9 Å². The normalized spacial score (nSPS) is 20.2. The molecule has 0 aromatic carbocycles. The average Bonchev–Trinajstić information content (AvgIpc) is 2.27. The first-order chi connectivity index (χ1) is 8.24. The first kappa shape index (κ1) is 15.6. The topological polar surface area (TPSA) is 78.7 Å². The summed E-state index contributed by atoms with van der Waals surface area (Å²) < 4.78 is 61.5. The van der Waals surface area contributed by atoms with Gasteiger partial charge in [0.25, 0.3) is 10.2 Å². The lowest BCUT2D eigenvalue weighted by molar-refractivity contribution is -0.121. The van der Waals surface area contributed by atoms with Crippen molar-refractivity contribution < 1.29 is 21.6 Å². The molecule has 0 bridgehead atoms. The van der Waals surface area contributed by atoms with Crippen LogP contribution in [-0.4, -0.2) is 69.6 Å². The molecule has 1 aliphatic rings. The van der Waals surface area contributed by atoms with Gasteiger partial charge in [-0.25, -0.2) is 0 Å². The average molecular weight is 290 g/mol. The summed E-state index contributed by atoms with van der Waals surface area (Å²) in [5.41, 5.74) is 5.36. The first-order valence-electron chi connectivity index (χ1n) is 5.48. The van der Waals surface area contributed by atoms with Crippen LogP contribution >= 0.6 is 0 Å². The van der Waals surface area contributed by atoms with Gasteiger partial charge in [-0.2, -0.15) is 30.6 Å². The van der Waals surface area contributed by atoms with Gasteiger partial charge < -0.3 is 5.73 Å². The number of nitrogens with zero attached hydrogens (tertiary/aromatic N) is 2.